The third kappa shape index (κ3) is 2.75. The molecule has 1 nitrogen and oxygen atoms in total. The molecule has 0 spiro atoms. The molecule has 0 heterocycles. The Balaban J connectivity index is 1.59. The molecule has 1 saturated carbocycles. The molecular weight excluding hydrogens is 238 g/mol. The van der Waals surface area contributed by atoms with Gasteiger partial charge in [-0.3, -0.25) is 0 Å². The number of aryl methyl sites for hydroxylation is 2. The Morgan fingerprint density at radius 1 is 1.11 bits per heavy atom. The van der Waals surface area contributed by atoms with E-state index in [0.717, 1.165) is 11.0 Å². The molecule has 1 aromatic rings. The second-order valence-corrected chi connectivity index (χ2v) is 7.06. The van der Waals surface area contributed by atoms with Crippen molar-refractivity contribution in [2.45, 2.75) is 56.2 Å². The van der Waals surface area contributed by atoms with E-state index in [1.807, 2.05) is 0 Å². The number of hydrogen-bond donors (Lipinski definition) is 1. The molecule has 2 aliphatic carbocycles. The van der Waals surface area contributed by atoms with Crippen molar-refractivity contribution in [1.82, 2.24) is 0 Å². The van der Waals surface area contributed by atoms with Crippen LogP contribution >= 0.6 is 11.8 Å². The highest BCUT2D eigenvalue weighted by Gasteiger charge is 2.18. The van der Waals surface area contributed by atoms with Crippen molar-refractivity contribution in [3.05, 3.63) is 34.9 Å². The minimum absolute atomic E-state index is 0.224. The van der Waals surface area contributed by atoms with Gasteiger partial charge in [-0.2, -0.15) is 11.8 Å². The predicted molar refractivity (Wildman–Crippen MR) is 80.1 cm³/mol. The van der Waals surface area contributed by atoms with E-state index < -0.39 is 0 Å². The molecule has 98 valence electrons. The highest BCUT2D eigenvalue weighted by Crippen LogP contribution is 2.32. The lowest BCUT2D eigenvalue weighted by Gasteiger charge is -2.16. The van der Waals surface area contributed by atoms with Crippen molar-refractivity contribution in [2.75, 3.05) is 5.75 Å². The highest BCUT2D eigenvalue weighted by atomic mass is 32.2. The number of nitrogens with two attached hydrogens (primary N) is 1. The summed E-state index contributed by atoms with van der Waals surface area (Å²) >= 11 is 2.10. The molecule has 1 unspecified atom stereocenters. The van der Waals surface area contributed by atoms with Gasteiger partial charge in [-0.1, -0.05) is 31.0 Å². The summed E-state index contributed by atoms with van der Waals surface area (Å²) in [6.07, 6.45) is 9.50. The first kappa shape index (κ1) is 12.6. The van der Waals surface area contributed by atoms with Crippen LogP contribution in [0.2, 0.25) is 0 Å². The van der Waals surface area contributed by atoms with Crippen LogP contribution in [-0.4, -0.2) is 11.0 Å². The summed E-state index contributed by atoms with van der Waals surface area (Å²) in [7, 11) is 0. The van der Waals surface area contributed by atoms with E-state index in [9.17, 15) is 0 Å². The molecule has 0 amide bonds. The Hall–Kier alpha value is -0.470. The number of fused-ring (bicyclic) bond motifs is 1. The quantitative estimate of drug-likeness (QED) is 0.891. The fraction of sp³-hybridized carbons (Fsp3) is 0.625. The minimum atomic E-state index is 0.224. The SMILES string of the molecule is NC(CSC1CCCC1)c1ccc2c(c1)CCC2. The van der Waals surface area contributed by atoms with Gasteiger partial charge in [0, 0.05) is 17.0 Å². The summed E-state index contributed by atoms with van der Waals surface area (Å²) in [4.78, 5) is 0. The van der Waals surface area contributed by atoms with Gasteiger partial charge in [-0.25, -0.2) is 0 Å². The fourth-order valence-corrected chi connectivity index (χ4v) is 4.55. The van der Waals surface area contributed by atoms with Gasteiger partial charge in [-0.05, 0) is 48.8 Å². The van der Waals surface area contributed by atoms with Crippen molar-refractivity contribution in [1.29, 1.82) is 0 Å². The van der Waals surface area contributed by atoms with E-state index in [4.69, 9.17) is 5.73 Å². The topological polar surface area (TPSA) is 26.0 Å². The molecule has 3 rings (SSSR count). The first-order valence-electron chi connectivity index (χ1n) is 7.32. The smallest absolute Gasteiger partial charge is 0.0387 e. The van der Waals surface area contributed by atoms with Crippen molar-refractivity contribution in [3.63, 3.8) is 0 Å². The molecule has 1 aromatic carbocycles. The average molecular weight is 261 g/mol. The van der Waals surface area contributed by atoms with Crippen molar-refractivity contribution < 1.29 is 0 Å². The molecule has 0 aromatic heterocycles. The van der Waals surface area contributed by atoms with Gasteiger partial charge in [0.1, 0.15) is 0 Å². The molecule has 2 N–H and O–H groups in total. The maximum absolute atomic E-state index is 6.35. The number of hydrogen-bond acceptors (Lipinski definition) is 2. The normalized spacial score (nSPS) is 21.2. The number of thioether (sulfide) groups is 1. The second-order valence-electron chi connectivity index (χ2n) is 5.73. The van der Waals surface area contributed by atoms with E-state index in [2.05, 4.69) is 30.0 Å². The van der Waals surface area contributed by atoms with Crippen LogP contribution in [-0.2, 0) is 12.8 Å². The van der Waals surface area contributed by atoms with Gasteiger partial charge in [0.25, 0.3) is 0 Å². The van der Waals surface area contributed by atoms with Crippen LogP contribution in [0.25, 0.3) is 0 Å². The zero-order chi connectivity index (χ0) is 12.4. The lowest BCUT2D eigenvalue weighted by molar-refractivity contribution is 0.818. The molecule has 18 heavy (non-hydrogen) atoms. The Morgan fingerprint density at radius 2 is 1.89 bits per heavy atom. The standard InChI is InChI=1S/C16H23NS/c17-16(11-18-15-6-1-2-7-15)14-9-8-12-4-3-5-13(12)10-14/h8-10,15-16H,1-7,11,17H2. The Morgan fingerprint density at radius 3 is 2.72 bits per heavy atom. The van der Waals surface area contributed by atoms with Gasteiger partial charge < -0.3 is 5.73 Å². The highest BCUT2D eigenvalue weighted by molar-refractivity contribution is 7.99. The minimum Gasteiger partial charge on any atom is -0.323 e. The average Bonchev–Trinajstić information content (AvgIpc) is 3.05. The summed E-state index contributed by atoms with van der Waals surface area (Å²) in [5.74, 6) is 1.09. The van der Waals surface area contributed by atoms with Crippen LogP contribution in [0.1, 0.15) is 54.8 Å². The van der Waals surface area contributed by atoms with E-state index in [1.165, 1.54) is 50.5 Å². The lowest BCUT2D eigenvalue weighted by Crippen LogP contribution is -2.15. The van der Waals surface area contributed by atoms with E-state index in [0.29, 0.717) is 0 Å². The first-order chi connectivity index (χ1) is 8.83. The predicted octanol–water partition coefficient (Wildman–Crippen LogP) is 3.85. The third-order valence-corrected chi connectivity index (χ3v) is 5.86. The molecule has 0 aliphatic heterocycles. The molecule has 2 aliphatic rings. The van der Waals surface area contributed by atoms with Gasteiger partial charge >= 0.3 is 0 Å². The summed E-state index contributed by atoms with van der Waals surface area (Å²) in [5, 5.41) is 0.880. The Kier molecular flexibility index (Phi) is 3.95. The third-order valence-electron chi connectivity index (χ3n) is 4.36. The maximum Gasteiger partial charge on any atom is 0.0387 e. The monoisotopic (exact) mass is 261 g/mol. The largest absolute Gasteiger partial charge is 0.323 e. The van der Waals surface area contributed by atoms with Crippen molar-refractivity contribution in [3.8, 4) is 0 Å². The molecule has 1 fully saturated rings. The van der Waals surface area contributed by atoms with Gasteiger partial charge in [-0.15, -0.1) is 0 Å². The summed E-state index contributed by atoms with van der Waals surface area (Å²) in [6.45, 7) is 0. The lowest BCUT2D eigenvalue weighted by atomic mass is 10.0. The van der Waals surface area contributed by atoms with Crippen LogP contribution in [0, 0.1) is 0 Å². The zero-order valence-corrected chi connectivity index (χ0v) is 11.8. The van der Waals surface area contributed by atoms with Crippen LogP contribution in [0.3, 0.4) is 0 Å². The molecule has 1 atom stereocenters. The van der Waals surface area contributed by atoms with Gasteiger partial charge in [0.05, 0.1) is 0 Å². The summed E-state index contributed by atoms with van der Waals surface area (Å²) in [6, 6.07) is 7.14. The van der Waals surface area contributed by atoms with Crippen LogP contribution in [0.4, 0.5) is 0 Å². The fourth-order valence-electron chi connectivity index (χ4n) is 3.21. The van der Waals surface area contributed by atoms with Gasteiger partial charge in [0.15, 0.2) is 0 Å². The van der Waals surface area contributed by atoms with Gasteiger partial charge in [0.2, 0.25) is 0 Å². The van der Waals surface area contributed by atoms with Crippen LogP contribution in [0.15, 0.2) is 18.2 Å². The molecule has 0 saturated heterocycles. The molecular formula is C16H23NS. The Bertz CT molecular complexity index is 410. The number of benzene rings is 1. The van der Waals surface area contributed by atoms with Crippen LogP contribution in [0.5, 0.6) is 0 Å². The number of rotatable bonds is 4. The van der Waals surface area contributed by atoms with Crippen molar-refractivity contribution in [2.24, 2.45) is 5.73 Å². The zero-order valence-electron chi connectivity index (χ0n) is 11.0. The molecule has 0 radical (unpaired) electrons. The summed E-state index contributed by atoms with van der Waals surface area (Å²) in [5.41, 5.74) is 10.8. The summed E-state index contributed by atoms with van der Waals surface area (Å²) < 4.78 is 0. The van der Waals surface area contributed by atoms with Crippen molar-refractivity contribution >= 4 is 11.8 Å². The van der Waals surface area contributed by atoms with E-state index >= 15 is 0 Å². The van der Waals surface area contributed by atoms with Crippen LogP contribution < -0.4 is 5.73 Å². The van der Waals surface area contributed by atoms with E-state index in [-0.39, 0.29) is 6.04 Å². The maximum atomic E-state index is 6.35. The molecule has 0 bridgehead atoms. The first-order valence-corrected chi connectivity index (χ1v) is 8.37. The second kappa shape index (κ2) is 5.66. The molecule has 2 heteroatoms. The Labute approximate surface area is 115 Å². The van der Waals surface area contributed by atoms with E-state index in [1.54, 1.807) is 11.1 Å².